The standard InChI is InChI=1S/C11H13BrF2O/c1-10(2,3)15-9-6-4-5-8(7-9)11(12,13)14/h4-7H,1-3H3. The minimum Gasteiger partial charge on any atom is -0.488 e. The molecule has 0 aliphatic rings. The molecule has 0 atom stereocenters. The van der Waals surface area contributed by atoms with E-state index in [0.717, 1.165) is 0 Å². The molecule has 0 aliphatic heterocycles. The van der Waals surface area contributed by atoms with Crippen LogP contribution in [-0.2, 0) is 4.83 Å². The minimum absolute atomic E-state index is 0.107. The van der Waals surface area contributed by atoms with Crippen molar-refractivity contribution >= 4 is 15.9 Å². The number of alkyl halides is 3. The van der Waals surface area contributed by atoms with E-state index in [1.807, 2.05) is 20.8 Å². The van der Waals surface area contributed by atoms with Gasteiger partial charge in [-0.15, -0.1) is 0 Å². The van der Waals surface area contributed by atoms with Crippen molar-refractivity contribution in [2.24, 2.45) is 0 Å². The molecule has 0 fully saturated rings. The lowest BCUT2D eigenvalue weighted by Crippen LogP contribution is -2.23. The minimum atomic E-state index is -3.01. The summed E-state index contributed by atoms with van der Waals surface area (Å²) in [4.78, 5) is -3.01. The maximum Gasteiger partial charge on any atom is 0.326 e. The van der Waals surface area contributed by atoms with Crippen molar-refractivity contribution < 1.29 is 13.5 Å². The second-order valence-electron chi connectivity index (χ2n) is 4.24. The molecule has 0 saturated carbocycles. The third kappa shape index (κ3) is 4.16. The summed E-state index contributed by atoms with van der Waals surface area (Å²) in [5.41, 5.74) is -0.496. The van der Waals surface area contributed by atoms with Gasteiger partial charge in [0.05, 0.1) is 0 Å². The molecule has 0 amide bonds. The van der Waals surface area contributed by atoms with E-state index in [0.29, 0.717) is 5.75 Å². The maximum absolute atomic E-state index is 12.9. The molecule has 0 aromatic heterocycles. The molecule has 0 heterocycles. The zero-order valence-electron chi connectivity index (χ0n) is 8.85. The molecule has 0 bridgehead atoms. The number of halogens is 3. The molecule has 1 rings (SSSR count). The number of hydrogen-bond acceptors (Lipinski definition) is 1. The molecule has 0 spiro atoms. The van der Waals surface area contributed by atoms with E-state index >= 15 is 0 Å². The Labute approximate surface area is 96.6 Å². The predicted molar refractivity (Wildman–Crippen MR) is 59.6 cm³/mol. The lowest BCUT2D eigenvalue weighted by Gasteiger charge is -2.22. The molecule has 0 N–H and O–H groups in total. The van der Waals surface area contributed by atoms with E-state index in [1.165, 1.54) is 12.1 Å². The molecule has 84 valence electrons. The monoisotopic (exact) mass is 278 g/mol. The van der Waals surface area contributed by atoms with Crippen LogP contribution in [0.2, 0.25) is 0 Å². The van der Waals surface area contributed by atoms with Crippen LogP contribution in [0.25, 0.3) is 0 Å². The second kappa shape index (κ2) is 4.08. The van der Waals surface area contributed by atoms with Crippen LogP contribution in [0.1, 0.15) is 26.3 Å². The van der Waals surface area contributed by atoms with E-state index in [4.69, 9.17) is 4.74 Å². The summed E-state index contributed by atoms with van der Waals surface area (Å²) in [6.07, 6.45) is 0. The second-order valence-corrected chi connectivity index (χ2v) is 5.24. The summed E-state index contributed by atoms with van der Waals surface area (Å²) >= 11 is 2.31. The molecule has 1 aromatic rings. The van der Waals surface area contributed by atoms with Crippen LogP contribution in [0.3, 0.4) is 0 Å². The van der Waals surface area contributed by atoms with Crippen molar-refractivity contribution in [2.75, 3.05) is 0 Å². The average molecular weight is 279 g/mol. The van der Waals surface area contributed by atoms with Gasteiger partial charge in [0.15, 0.2) is 0 Å². The summed E-state index contributed by atoms with van der Waals surface area (Å²) in [6, 6.07) is 5.89. The Morgan fingerprint density at radius 2 is 1.80 bits per heavy atom. The average Bonchev–Trinajstić information content (AvgIpc) is 1.99. The van der Waals surface area contributed by atoms with Gasteiger partial charge in [0.25, 0.3) is 0 Å². The van der Waals surface area contributed by atoms with Gasteiger partial charge < -0.3 is 4.74 Å². The first-order chi connectivity index (χ1) is 6.68. The quantitative estimate of drug-likeness (QED) is 0.733. The van der Waals surface area contributed by atoms with E-state index in [2.05, 4.69) is 15.9 Å². The van der Waals surface area contributed by atoms with Crippen LogP contribution in [0.15, 0.2) is 24.3 Å². The zero-order chi connectivity index (χ0) is 11.7. The zero-order valence-corrected chi connectivity index (χ0v) is 10.4. The lowest BCUT2D eigenvalue weighted by atomic mass is 10.1. The van der Waals surface area contributed by atoms with E-state index in [-0.39, 0.29) is 11.2 Å². The molecule has 1 aromatic carbocycles. The Morgan fingerprint density at radius 3 is 2.27 bits per heavy atom. The van der Waals surface area contributed by atoms with Crippen molar-refractivity contribution in [3.63, 3.8) is 0 Å². The predicted octanol–water partition coefficient (Wildman–Crippen LogP) is 4.31. The van der Waals surface area contributed by atoms with Gasteiger partial charge >= 0.3 is 4.83 Å². The molecule has 0 saturated heterocycles. The Hall–Kier alpha value is -0.640. The van der Waals surface area contributed by atoms with Crippen LogP contribution < -0.4 is 4.74 Å². The Balaban J connectivity index is 2.94. The van der Waals surface area contributed by atoms with E-state index in [1.54, 1.807) is 12.1 Å². The SMILES string of the molecule is CC(C)(C)Oc1cccc(C(F)(F)Br)c1. The molecule has 0 unspecified atom stereocenters. The van der Waals surface area contributed by atoms with Crippen molar-refractivity contribution in [3.8, 4) is 5.75 Å². The third-order valence-corrected chi connectivity index (χ3v) is 2.04. The largest absolute Gasteiger partial charge is 0.488 e. The highest BCUT2D eigenvalue weighted by Gasteiger charge is 2.27. The normalized spacial score (nSPS) is 12.7. The fraction of sp³-hybridized carbons (Fsp3) is 0.455. The number of rotatable bonds is 2. The van der Waals surface area contributed by atoms with Gasteiger partial charge in [-0.25, -0.2) is 0 Å². The summed E-state index contributed by atoms with van der Waals surface area (Å²) in [5.74, 6) is 0.444. The summed E-state index contributed by atoms with van der Waals surface area (Å²) in [6.45, 7) is 5.60. The van der Waals surface area contributed by atoms with Gasteiger partial charge in [-0.3, -0.25) is 0 Å². The van der Waals surface area contributed by atoms with Crippen LogP contribution >= 0.6 is 15.9 Å². The van der Waals surface area contributed by atoms with Crippen molar-refractivity contribution in [1.29, 1.82) is 0 Å². The molecular weight excluding hydrogens is 266 g/mol. The van der Waals surface area contributed by atoms with Crippen molar-refractivity contribution in [3.05, 3.63) is 29.8 Å². The van der Waals surface area contributed by atoms with E-state index in [9.17, 15) is 8.78 Å². The first kappa shape index (κ1) is 12.4. The fourth-order valence-electron chi connectivity index (χ4n) is 1.09. The Bertz CT molecular complexity index is 339. The first-order valence-corrected chi connectivity index (χ1v) is 5.34. The molecule has 0 aliphatic carbocycles. The van der Waals surface area contributed by atoms with Gasteiger partial charge in [-0.1, -0.05) is 12.1 Å². The molecule has 0 radical (unpaired) electrons. The van der Waals surface area contributed by atoms with Gasteiger partial charge in [-0.05, 0) is 48.8 Å². The highest BCUT2D eigenvalue weighted by molar-refractivity contribution is 9.09. The highest BCUT2D eigenvalue weighted by atomic mass is 79.9. The maximum atomic E-state index is 12.9. The van der Waals surface area contributed by atoms with Gasteiger partial charge in [0, 0.05) is 5.56 Å². The highest BCUT2D eigenvalue weighted by Crippen LogP contribution is 2.36. The molecule has 4 heteroatoms. The van der Waals surface area contributed by atoms with Crippen LogP contribution in [0, 0.1) is 0 Å². The van der Waals surface area contributed by atoms with Crippen LogP contribution in [0.5, 0.6) is 5.75 Å². The summed E-state index contributed by atoms with van der Waals surface area (Å²) in [5, 5.41) is 0. The topological polar surface area (TPSA) is 9.23 Å². The Kier molecular flexibility index (Phi) is 3.38. The number of benzene rings is 1. The number of hydrogen-bond donors (Lipinski definition) is 0. The fourth-order valence-corrected chi connectivity index (χ4v) is 1.34. The molecule has 1 nitrogen and oxygen atoms in total. The Morgan fingerprint density at radius 1 is 1.20 bits per heavy atom. The van der Waals surface area contributed by atoms with Gasteiger partial charge in [-0.2, -0.15) is 8.78 Å². The van der Waals surface area contributed by atoms with Crippen LogP contribution in [-0.4, -0.2) is 5.60 Å². The van der Waals surface area contributed by atoms with Crippen molar-refractivity contribution in [1.82, 2.24) is 0 Å². The summed E-state index contributed by atoms with van der Waals surface area (Å²) < 4.78 is 31.3. The van der Waals surface area contributed by atoms with Crippen LogP contribution in [0.4, 0.5) is 8.78 Å². The molecule has 15 heavy (non-hydrogen) atoms. The third-order valence-electron chi connectivity index (χ3n) is 1.59. The molecular formula is C11H13BrF2O. The van der Waals surface area contributed by atoms with E-state index < -0.39 is 4.83 Å². The first-order valence-electron chi connectivity index (χ1n) is 4.55. The van der Waals surface area contributed by atoms with Gasteiger partial charge in [0.2, 0.25) is 0 Å². The smallest absolute Gasteiger partial charge is 0.326 e. The van der Waals surface area contributed by atoms with Crippen molar-refractivity contribution in [2.45, 2.75) is 31.2 Å². The number of ether oxygens (including phenoxy) is 1. The van der Waals surface area contributed by atoms with Gasteiger partial charge in [0.1, 0.15) is 11.4 Å². The summed E-state index contributed by atoms with van der Waals surface area (Å²) in [7, 11) is 0. The lowest BCUT2D eigenvalue weighted by molar-refractivity contribution is 0.110.